The molecule has 3 heteroatoms. The molecular weight excluding hydrogens is 150 g/mol. The highest BCUT2D eigenvalue weighted by molar-refractivity contribution is 5.95. The van der Waals surface area contributed by atoms with Crippen LogP contribution in [0.15, 0.2) is 10.2 Å². The van der Waals surface area contributed by atoms with E-state index in [2.05, 4.69) is 29.9 Å². The van der Waals surface area contributed by atoms with Gasteiger partial charge in [-0.2, -0.15) is 15.5 Å². The Morgan fingerprint density at radius 1 is 1.67 bits per heavy atom. The minimum absolute atomic E-state index is 0.267. The summed E-state index contributed by atoms with van der Waals surface area (Å²) in [7, 11) is 0. The quantitative estimate of drug-likeness (QED) is 0.462. The molecule has 0 spiro atoms. The van der Waals surface area contributed by atoms with Crippen LogP contribution in [0.2, 0.25) is 0 Å². The van der Waals surface area contributed by atoms with Crippen LogP contribution in [0.4, 0.5) is 0 Å². The predicted octanol–water partition coefficient (Wildman–Crippen LogP) is 2.15. The Morgan fingerprint density at radius 2 is 2.33 bits per heavy atom. The summed E-state index contributed by atoms with van der Waals surface area (Å²) in [5.74, 6) is 0. The molecule has 12 heavy (non-hydrogen) atoms. The minimum Gasteiger partial charge on any atom is -0.197 e. The molecule has 0 saturated heterocycles. The van der Waals surface area contributed by atoms with Gasteiger partial charge in [0.25, 0.3) is 0 Å². The van der Waals surface area contributed by atoms with Gasteiger partial charge >= 0.3 is 0 Å². The topological polar surface area (TPSA) is 48.5 Å². The van der Waals surface area contributed by atoms with Crippen LogP contribution < -0.4 is 0 Å². The molecular formula is C9H13N3. The lowest BCUT2D eigenvalue weighted by Crippen LogP contribution is -2.12. The number of hydrogen-bond donors (Lipinski definition) is 0. The second-order valence-electron chi connectivity index (χ2n) is 3.13. The molecule has 0 atom stereocenters. The average molecular weight is 163 g/mol. The van der Waals surface area contributed by atoms with Gasteiger partial charge in [-0.1, -0.05) is 13.3 Å². The number of nitrogens with zero attached hydrogens (tertiary/aromatic N) is 3. The van der Waals surface area contributed by atoms with Crippen molar-refractivity contribution in [1.29, 1.82) is 5.26 Å². The van der Waals surface area contributed by atoms with E-state index < -0.39 is 0 Å². The van der Waals surface area contributed by atoms with E-state index in [0.717, 1.165) is 31.4 Å². The van der Waals surface area contributed by atoms with E-state index in [1.54, 1.807) is 0 Å². The van der Waals surface area contributed by atoms with Gasteiger partial charge in [0.1, 0.15) is 0 Å². The number of rotatable bonds is 4. The Morgan fingerprint density at radius 3 is 2.67 bits per heavy atom. The van der Waals surface area contributed by atoms with Crippen molar-refractivity contribution < 1.29 is 0 Å². The van der Waals surface area contributed by atoms with Crippen molar-refractivity contribution in [2.45, 2.75) is 32.6 Å². The molecule has 0 heterocycles. The molecule has 1 aliphatic rings. The van der Waals surface area contributed by atoms with Crippen LogP contribution in [0.1, 0.15) is 32.6 Å². The molecule has 0 bridgehead atoms. The Labute approximate surface area is 72.8 Å². The maximum absolute atomic E-state index is 8.89. The lowest BCUT2D eigenvalue weighted by Gasteiger charge is -2.06. The molecule has 1 rings (SSSR count). The molecule has 0 aromatic heterocycles. The maximum Gasteiger partial charge on any atom is 0.0974 e. The zero-order valence-electron chi connectivity index (χ0n) is 7.38. The van der Waals surface area contributed by atoms with Crippen LogP contribution >= 0.6 is 0 Å². The molecule has 1 aliphatic carbocycles. The van der Waals surface area contributed by atoms with Gasteiger partial charge in [0.2, 0.25) is 0 Å². The first-order valence-corrected chi connectivity index (χ1v) is 4.23. The Balaban J connectivity index is 2.74. The summed E-state index contributed by atoms with van der Waals surface area (Å²) in [5.41, 5.74) is 0.652. The summed E-state index contributed by atoms with van der Waals surface area (Å²) in [5, 5.41) is 16.3. The molecule has 64 valence electrons. The van der Waals surface area contributed by atoms with E-state index >= 15 is 0 Å². The summed E-state index contributed by atoms with van der Waals surface area (Å²) >= 11 is 0. The SMILES string of the molecule is C=N/N=C(\CCC)C1(C#N)CC1. The van der Waals surface area contributed by atoms with Crippen molar-refractivity contribution in [3.05, 3.63) is 0 Å². The molecule has 0 aromatic rings. The highest BCUT2D eigenvalue weighted by Gasteiger charge is 2.47. The third kappa shape index (κ3) is 1.53. The van der Waals surface area contributed by atoms with E-state index in [9.17, 15) is 0 Å². The first kappa shape index (κ1) is 8.92. The van der Waals surface area contributed by atoms with Gasteiger partial charge in [0, 0.05) is 6.72 Å². The molecule has 0 aliphatic heterocycles. The third-order valence-electron chi connectivity index (χ3n) is 2.19. The van der Waals surface area contributed by atoms with Crippen LogP contribution in [0, 0.1) is 16.7 Å². The highest BCUT2D eigenvalue weighted by atomic mass is 15.2. The van der Waals surface area contributed by atoms with Crippen LogP contribution in [0.5, 0.6) is 0 Å². The number of nitriles is 1. The van der Waals surface area contributed by atoms with Gasteiger partial charge < -0.3 is 0 Å². The van der Waals surface area contributed by atoms with Crippen molar-refractivity contribution in [3.63, 3.8) is 0 Å². The highest BCUT2D eigenvalue weighted by Crippen LogP contribution is 2.47. The molecule has 0 amide bonds. The second-order valence-corrected chi connectivity index (χ2v) is 3.13. The average Bonchev–Trinajstić information content (AvgIpc) is 2.85. The molecule has 1 fully saturated rings. The zero-order chi connectivity index (χ0) is 9.03. The van der Waals surface area contributed by atoms with E-state index in [1.807, 2.05) is 0 Å². The molecule has 0 N–H and O–H groups in total. The second kappa shape index (κ2) is 3.48. The summed E-state index contributed by atoms with van der Waals surface area (Å²) in [6.07, 6.45) is 3.76. The van der Waals surface area contributed by atoms with Crippen LogP contribution in [-0.4, -0.2) is 12.4 Å². The zero-order valence-corrected chi connectivity index (χ0v) is 7.38. The Kier molecular flexibility index (Phi) is 2.59. The number of hydrogen-bond acceptors (Lipinski definition) is 3. The van der Waals surface area contributed by atoms with Gasteiger partial charge in [-0.15, -0.1) is 0 Å². The van der Waals surface area contributed by atoms with Crippen molar-refractivity contribution in [3.8, 4) is 6.07 Å². The molecule has 0 aromatic carbocycles. The standard InChI is InChI=1S/C9H13N3/c1-3-4-8(12-11-2)9(7-10)5-6-9/h2-6H2,1H3/b12-8+. The first-order valence-electron chi connectivity index (χ1n) is 4.23. The molecule has 0 radical (unpaired) electrons. The lowest BCUT2D eigenvalue weighted by atomic mass is 9.98. The fraction of sp³-hybridized carbons (Fsp3) is 0.667. The first-order chi connectivity index (χ1) is 5.79. The monoisotopic (exact) mass is 163 g/mol. The van der Waals surface area contributed by atoms with Crippen molar-refractivity contribution >= 4 is 12.4 Å². The Hall–Kier alpha value is -1.17. The van der Waals surface area contributed by atoms with Crippen LogP contribution in [0.3, 0.4) is 0 Å². The molecule has 1 saturated carbocycles. The van der Waals surface area contributed by atoms with Crippen molar-refractivity contribution in [2.75, 3.05) is 0 Å². The van der Waals surface area contributed by atoms with Crippen molar-refractivity contribution in [1.82, 2.24) is 0 Å². The molecule has 0 unspecified atom stereocenters. The Bertz CT molecular complexity index is 243. The summed E-state index contributed by atoms with van der Waals surface area (Å²) in [6, 6.07) is 2.30. The fourth-order valence-corrected chi connectivity index (χ4v) is 1.30. The summed E-state index contributed by atoms with van der Waals surface area (Å²) in [6.45, 7) is 5.39. The molecule has 3 nitrogen and oxygen atoms in total. The van der Waals surface area contributed by atoms with Gasteiger partial charge in [0.15, 0.2) is 0 Å². The van der Waals surface area contributed by atoms with Crippen LogP contribution in [0.25, 0.3) is 0 Å². The van der Waals surface area contributed by atoms with Gasteiger partial charge in [0.05, 0.1) is 17.2 Å². The smallest absolute Gasteiger partial charge is 0.0974 e. The fourth-order valence-electron chi connectivity index (χ4n) is 1.30. The van der Waals surface area contributed by atoms with E-state index in [1.165, 1.54) is 0 Å². The normalized spacial score (nSPS) is 19.8. The van der Waals surface area contributed by atoms with Crippen molar-refractivity contribution in [2.24, 2.45) is 15.6 Å². The third-order valence-corrected chi connectivity index (χ3v) is 2.19. The summed E-state index contributed by atoms with van der Waals surface area (Å²) < 4.78 is 0. The van der Waals surface area contributed by atoms with Gasteiger partial charge in [-0.3, -0.25) is 0 Å². The largest absolute Gasteiger partial charge is 0.197 e. The minimum atomic E-state index is -0.267. The van der Waals surface area contributed by atoms with E-state index in [4.69, 9.17) is 5.26 Å². The van der Waals surface area contributed by atoms with E-state index in [-0.39, 0.29) is 5.41 Å². The lowest BCUT2D eigenvalue weighted by molar-refractivity contribution is 0.848. The van der Waals surface area contributed by atoms with E-state index in [0.29, 0.717) is 0 Å². The maximum atomic E-state index is 8.89. The van der Waals surface area contributed by atoms with Gasteiger partial charge in [-0.05, 0) is 19.3 Å². The predicted molar refractivity (Wildman–Crippen MR) is 49.2 cm³/mol. The van der Waals surface area contributed by atoms with Crippen LogP contribution in [-0.2, 0) is 0 Å². The van der Waals surface area contributed by atoms with Gasteiger partial charge in [-0.25, -0.2) is 0 Å². The summed E-state index contributed by atoms with van der Waals surface area (Å²) in [4.78, 5) is 0.